The Hall–Kier alpha value is -2.65. The molecule has 1 aromatic carbocycles. The van der Waals surface area contributed by atoms with Gasteiger partial charge in [-0.15, -0.1) is 0 Å². The third-order valence-electron chi connectivity index (χ3n) is 3.39. The van der Waals surface area contributed by atoms with Gasteiger partial charge >= 0.3 is 5.69 Å². The molecule has 0 aliphatic carbocycles. The number of fused-ring (bicyclic) bond motifs is 1. The van der Waals surface area contributed by atoms with Gasteiger partial charge in [0.2, 0.25) is 10.0 Å². The number of nitrogen functional groups attached to an aromatic ring is 1. The van der Waals surface area contributed by atoms with Crippen molar-refractivity contribution >= 4 is 26.9 Å². The topological polar surface area (TPSA) is 137 Å². The summed E-state index contributed by atoms with van der Waals surface area (Å²) in [6.07, 6.45) is 0. The van der Waals surface area contributed by atoms with Crippen molar-refractivity contribution in [1.82, 2.24) is 14.5 Å². The third kappa shape index (κ3) is 2.26. The Morgan fingerprint density at radius 2 is 1.95 bits per heavy atom. The normalized spacial score (nSPS) is 11.9. The summed E-state index contributed by atoms with van der Waals surface area (Å²) in [5.41, 5.74) is 8.04. The Bertz CT molecular complexity index is 1050. The molecule has 0 bridgehead atoms. The second-order valence-corrected chi connectivity index (χ2v) is 6.38. The van der Waals surface area contributed by atoms with Gasteiger partial charge < -0.3 is 10.7 Å². The fourth-order valence-corrected chi connectivity index (χ4v) is 2.84. The van der Waals surface area contributed by atoms with E-state index >= 15 is 0 Å². The minimum Gasteiger partial charge on any atom is -0.383 e. The van der Waals surface area contributed by atoms with E-state index in [2.05, 4.69) is 9.97 Å². The highest BCUT2D eigenvalue weighted by molar-refractivity contribution is 7.89. The second kappa shape index (κ2) is 4.68. The number of hydrogen-bond donors (Lipinski definition) is 3. The fraction of sp³-hybridized carbons (Fsp3) is 0.0769. The maximum atomic E-state index is 11.6. The number of nitrogens with two attached hydrogens (primary N) is 2. The molecule has 0 saturated heterocycles. The molecule has 0 radical (unpaired) electrons. The summed E-state index contributed by atoms with van der Waals surface area (Å²) in [6.45, 7) is 0. The van der Waals surface area contributed by atoms with Gasteiger partial charge in [0.05, 0.1) is 16.7 Å². The van der Waals surface area contributed by atoms with Crippen molar-refractivity contribution in [2.75, 3.05) is 5.73 Å². The van der Waals surface area contributed by atoms with Gasteiger partial charge in [-0.1, -0.05) is 6.07 Å². The number of pyridine rings is 1. The third-order valence-corrected chi connectivity index (χ3v) is 4.35. The van der Waals surface area contributed by atoms with Gasteiger partial charge in [-0.05, 0) is 24.3 Å². The van der Waals surface area contributed by atoms with Crippen LogP contribution in [0.1, 0.15) is 0 Å². The maximum absolute atomic E-state index is 11.6. The first-order valence-electron chi connectivity index (χ1n) is 6.26. The largest absolute Gasteiger partial charge is 0.383 e. The zero-order valence-electron chi connectivity index (χ0n) is 11.6. The lowest BCUT2D eigenvalue weighted by molar-refractivity contribution is 0.598. The first-order chi connectivity index (χ1) is 10.3. The summed E-state index contributed by atoms with van der Waals surface area (Å²) in [4.78, 5) is 18.2. The van der Waals surface area contributed by atoms with E-state index < -0.39 is 10.0 Å². The highest BCUT2D eigenvalue weighted by Crippen LogP contribution is 2.24. The van der Waals surface area contributed by atoms with Gasteiger partial charge in [0.25, 0.3) is 0 Å². The van der Waals surface area contributed by atoms with Crippen LogP contribution in [0.2, 0.25) is 0 Å². The molecule has 5 N–H and O–H groups in total. The van der Waals surface area contributed by atoms with Crippen LogP contribution in [0.15, 0.2) is 40.0 Å². The summed E-state index contributed by atoms with van der Waals surface area (Å²) >= 11 is 0. The van der Waals surface area contributed by atoms with Crippen LogP contribution in [-0.2, 0) is 17.1 Å². The quantitative estimate of drug-likeness (QED) is 0.618. The van der Waals surface area contributed by atoms with E-state index in [0.717, 1.165) is 0 Å². The predicted octanol–water partition coefficient (Wildman–Crippen LogP) is 0.158. The molecule has 2 heterocycles. The minimum absolute atomic E-state index is 0.164. The first kappa shape index (κ1) is 14.3. The number of anilines is 1. The molecule has 8 nitrogen and oxygen atoms in total. The minimum atomic E-state index is -3.91. The Balaban J connectivity index is 2.17. The monoisotopic (exact) mass is 319 g/mol. The molecule has 114 valence electrons. The lowest BCUT2D eigenvalue weighted by atomic mass is 10.1. The SMILES string of the molecule is Cn1c(=O)[nH]c2ccc(-c3ccc(S(N)(=O)=O)c(N)n3)cc21. The molecule has 0 aliphatic heterocycles. The number of primary sulfonamides is 1. The summed E-state index contributed by atoms with van der Waals surface area (Å²) in [7, 11) is -2.26. The average Bonchev–Trinajstić information content (AvgIpc) is 2.72. The molecule has 0 unspecified atom stereocenters. The number of imidazole rings is 1. The molecule has 9 heteroatoms. The van der Waals surface area contributed by atoms with Crippen molar-refractivity contribution in [3.8, 4) is 11.3 Å². The Morgan fingerprint density at radius 1 is 1.23 bits per heavy atom. The van der Waals surface area contributed by atoms with Crippen LogP contribution in [0.4, 0.5) is 5.82 Å². The second-order valence-electron chi connectivity index (χ2n) is 4.85. The number of aryl methyl sites for hydroxylation is 1. The van der Waals surface area contributed by atoms with E-state index in [4.69, 9.17) is 10.9 Å². The average molecular weight is 319 g/mol. The lowest BCUT2D eigenvalue weighted by Crippen LogP contribution is -2.15. The van der Waals surface area contributed by atoms with E-state index in [-0.39, 0.29) is 16.4 Å². The molecule has 0 aliphatic rings. The van der Waals surface area contributed by atoms with Crippen LogP contribution in [-0.4, -0.2) is 23.0 Å². The predicted molar refractivity (Wildman–Crippen MR) is 82.6 cm³/mol. The summed E-state index contributed by atoms with van der Waals surface area (Å²) in [5.74, 6) is -0.164. The van der Waals surface area contributed by atoms with Crippen LogP contribution in [0.5, 0.6) is 0 Å². The number of nitrogens with one attached hydrogen (secondary N) is 1. The molecule has 0 atom stereocenters. The smallest absolute Gasteiger partial charge is 0.326 e. The number of H-pyrrole nitrogens is 1. The van der Waals surface area contributed by atoms with Crippen molar-refractivity contribution in [3.63, 3.8) is 0 Å². The van der Waals surface area contributed by atoms with Gasteiger partial charge in [-0.25, -0.2) is 23.3 Å². The lowest BCUT2D eigenvalue weighted by Gasteiger charge is -2.06. The molecule has 2 aromatic heterocycles. The Labute approximate surface area is 125 Å². The molecule has 3 aromatic rings. The number of hydrogen-bond acceptors (Lipinski definition) is 5. The van der Waals surface area contributed by atoms with Gasteiger partial charge in [0, 0.05) is 12.6 Å². The molecule has 22 heavy (non-hydrogen) atoms. The van der Waals surface area contributed by atoms with Crippen LogP contribution in [0.3, 0.4) is 0 Å². The van der Waals surface area contributed by atoms with Crippen LogP contribution in [0.25, 0.3) is 22.3 Å². The first-order valence-corrected chi connectivity index (χ1v) is 7.80. The maximum Gasteiger partial charge on any atom is 0.326 e. The Kier molecular flexibility index (Phi) is 3.04. The highest BCUT2D eigenvalue weighted by Gasteiger charge is 2.14. The highest BCUT2D eigenvalue weighted by atomic mass is 32.2. The zero-order valence-corrected chi connectivity index (χ0v) is 12.4. The summed E-state index contributed by atoms with van der Waals surface area (Å²) < 4.78 is 24.2. The fourth-order valence-electron chi connectivity index (χ4n) is 2.25. The van der Waals surface area contributed by atoms with E-state index in [1.807, 2.05) is 0 Å². The van der Waals surface area contributed by atoms with Crippen molar-refractivity contribution in [2.45, 2.75) is 4.90 Å². The van der Waals surface area contributed by atoms with Gasteiger partial charge in [0.1, 0.15) is 10.7 Å². The molecule has 0 spiro atoms. The van der Waals surface area contributed by atoms with Gasteiger partial charge in [-0.3, -0.25) is 4.57 Å². The number of aromatic nitrogens is 3. The number of aromatic amines is 1. The summed E-state index contributed by atoms with van der Waals surface area (Å²) in [6, 6.07) is 8.11. The number of rotatable bonds is 2. The van der Waals surface area contributed by atoms with Crippen LogP contribution in [0, 0.1) is 0 Å². The van der Waals surface area contributed by atoms with Gasteiger partial charge in [-0.2, -0.15) is 0 Å². The summed E-state index contributed by atoms with van der Waals surface area (Å²) in [5, 5.41) is 5.05. The van der Waals surface area contributed by atoms with Crippen molar-refractivity contribution < 1.29 is 8.42 Å². The number of sulfonamides is 1. The van der Waals surface area contributed by atoms with Gasteiger partial charge in [0.15, 0.2) is 0 Å². The molecule has 0 fully saturated rings. The van der Waals surface area contributed by atoms with Crippen molar-refractivity contribution in [3.05, 3.63) is 40.8 Å². The molecule has 0 amide bonds. The van der Waals surface area contributed by atoms with Crippen molar-refractivity contribution in [2.24, 2.45) is 12.2 Å². The van der Waals surface area contributed by atoms with E-state index in [0.29, 0.717) is 22.3 Å². The Morgan fingerprint density at radius 3 is 2.59 bits per heavy atom. The van der Waals surface area contributed by atoms with E-state index in [1.54, 1.807) is 25.2 Å². The van der Waals surface area contributed by atoms with E-state index in [1.165, 1.54) is 16.7 Å². The zero-order chi connectivity index (χ0) is 16.1. The van der Waals surface area contributed by atoms with Crippen molar-refractivity contribution in [1.29, 1.82) is 0 Å². The number of nitrogens with zero attached hydrogens (tertiary/aromatic N) is 2. The van der Waals surface area contributed by atoms with Crippen LogP contribution < -0.4 is 16.6 Å². The number of benzene rings is 1. The molecule has 0 saturated carbocycles. The molecular weight excluding hydrogens is 306 g/mol. The van der Waals surface area contributed by atoms with Crippen LogP contribution >= 0.6 is 0 Å². The molecule has 3 rings (SSSR count). The molecular formula is C13H13N5O3S. The standard InChI is InChI=1S/C13H13N5O3S/c1-18-10-6-7(2-3-9(10)17-13(18)19)8-4-5-11(12(14)16-8)22(15,20)21/h2-6H,1H3,(H2,14,16)(H,17,19)(H2,15,20,21). The van der Waals surface area contributed by atoms with E-state index in [9.17, 15) is 13.2 Å².